The van der Waals surface area contributed by atoms with Gasteiger partial charge in [0, 0.05) is 15.8 Å². The second-order valence-corrected chi connectivity index (χ2v) is 7.18. The monoisotopic (exact) mass is 294 g/mol. The third-order valence-corrected chi connectivity index (χ3v) is 5.57. The fourth-order valence-corrected chi connectivity index (χ4v) is 3.88. The van der Waals surface area contributed by atoms with Gasteiger partial charge >= 0.3 is 0 Å². The number of nitrogens with zero attached hydrogens (tertiary/aromatic N) is 1. The summed E-state index contributed by atoms with van der Waals surface area (Å²) in [7, 11) is 0. The van der Waals surface area contributed by atoms with Crippen molar-refractivity contribution in [3.8, 4) is 0 Å². The van der Waals surface area contributed by atoms with Gasteiger partial charge in [0.05, 0.1) is 5.54 Å². The number of nitrogens with one attached hydrogen (secondary N) is 1. The van der Waals surface area contributed by atoms with E-state index in [1.54, 1.807) is 11.3 Å². The molecular weight excluding hydrogens is 268 g/mol. The summed E-state index contributed by atoms with van der Waals surface area (Å²) in [5, 5.41) is 3.58. The SMILES string of the molecule is CCC(CC)N1C(=O)C(C)(CC)NC1c1ccc(C)s1. The maximum atomic E-state index is 12.9. The Morgan fingerprint density at radius 1 is 1.35 bits per heavy atom. The molecule has 0 aromatic carbocycles. The van der Waals surface area contributed by atoms with Crippen molar-refractivity contribution >= 4 is 17.2 Å². The Hall–Kier alpha value is -0.870. The van der Waals surface area contributed by atoms with Gasteiger partial charge in [0.25, 0.3) is 0 Å². The van der Waals surface area contributed by atoms with Crippen molar-refractivity contribution in [1.29, 1.82) is 0 Å². The fourth-order valence-electron chi connectivity index (χ4n) is 2.96. The fraction of sp³-hybridized carbons (Fsp3) is 0.688. The molecule has 1 saturated heterocycles. The minimum atomic E-state index is -0.425. The first-order chi connectivity index (χ1) is 9.46. The van der Waals surface area contributed by atoms with Gasteiger partial charge in [0.1, 0.15) is 6.17 Å². The molecule has 4 heteroatoms. The first kappa shape index (κ1) is 15.5. The minimum absolute atomic E-state index is 0.0380. The van der Waals surface area contributed by atoms with E-state index in [-0.39, 0.29) is 12.1 Å². The van der Waals surface area contributed by atoms with E-state index in [9.17, 15) is 4.79 Å². The van der Waals surface area contributed by atoms with Gasteiger partial charge in [-0.25, -0.2) is 0 Å². The number of carbonyl (C=O) groups is 1. The van der Waals surface area contributed by atoms with Crippen LogP contribution >= 0.6 is 11.3 Å². The lowest BCUT2D eigenvalue weighted by atomic mass is 9.98. The smallest absolute Gasteiger partial charge is 0.244 e. The molecule has 0 spiro atoms. The van der Waals surface area contributed by atoms with Crippen LogP contribution in [0.5, 0.6) is 0 Å². The van der Waals surface area contributed by atoms with Crippen LogP contribution in [0.1, 0.15) is 62.9 Å². The highest BCUT2D eigenvalue weighted by Crippen LogP contribution is 2.38. The van der Waals surface area contributed by atoms with Crippen LogP contribution in [-0.2, 0) is 4.79 Å². The molecule has 2 rings (SSSR count). The summed E-state index contributed by atoms with van der Waals surface area (Å²) in [6, 6.07) is 4.61. The Bertz CT molecular complexity index is 481. The molecular formula is C16H26N2OS. The van der Waals surface area contributed by atoms with Gasteiger partial charge in [-0.2, -0.15) is 0 Å². The number of hydrogen-bond donors (Lipinski definition) is 1. The van der Waals surface area contributed by atoms with E-state index in [4.69, 9.17) is 0 Å². The van der Waals surface area contributed by atoms with Crippen LogP contribution in [0, 0.1) is 6.92 Å². The number of carbonyl (C=O) groups excluding carboxylic acids is 1. The number of thiophene rings is 1. The summed E-state index contributed by atoms with van der Waals surface area (Å²) < 4.78 is 0. The van der Waals surface area contributed by atoms with Crippen molar-refractivity contribution in [2.75, 3.05) is 0 Å². The summed E-state index contributed by atoms with van der Waals surface area (Å²) in [5.74, 6) is 0.254. The number of aryl methyl sites for hydroxylation is 1. The molecule has 1 amide bonds. The molecule has 2 heterocycles. The molecule has 1 N–H and O–H groups in total. The summed E-state index contributed by atoms with van der Waals surface area (Å²) in [4.78, 5) is 17.5. The molecule has 1 aliphatic rings. The first-order valence-electron chi connectivity index (χ1n) is 7.63. The third-order valence-electron chi connectivity index (χ3n) is 4.51. The van der Waals surface area contributed by atoms with Crippen LogP contribution in [0.4, 0.5) is 0 Å². The van der Waals surface area contributed by atoms with E-state index < -0.39 is 5.54 Å². The van der Waals surface area contributed by atoms with Crippen LogP contribution < -0.4 is 5.32 Å². The molecule has 1 fully saturated rings. The van der Waals surface area contributed by atoms with E-state index in [1.807, 2.05) is 6.92 Å². The predicted molar refractivity (Wildman–Crippen MR) is 84.8 cm³/mol. The normalized spacial score (nSPS) is 26.8. The van der Waals surface area contributed by atoms with Crippen LogP contribution in [0.15, 0.2) is 12.1 Å². The van der Waals surface area contributed by atoms with Gasteiger partial charge in [0.15, 0.2) is 0 Å². The second-order valence-electron chi connectivity index (χ2n) is 5.86. The standard InChI is InChI=1S/C16H26N2OS/c1-6-12(7-2)18-14(13-10-9-11(4)20-13)17-16(5,8-3)15(18)19/h9-10,12,14,17H,6-8H2,1-5H3. The quantitative estimate of drug-likeness (QED) is 0.894. The van der Waals surface area contributed by atoms with Gasteiger partial charge in [-0.15, -0.1) is 11.3 Å². The first-order valence-corrected chi connectivity index (χ1v) is 8.45. The highest BCUT2D eigenvalue weighted by atomic mass is 32.1. The average Bonchev–Trinajstić information content (AvgIpc) is 2.97. The summed E-state index contributed by atoms with van der Waals surface area (Å²) >= 11 is 1.78. The molecule has 1 aliphatic heterocycles. The zero-order valence-corrected chi connectivity index (χ0v) is 14.0. The van der Waals surface area contributed by atoms with E-state index in [2.05, 4.69) is 50.0 Å². The second kappa shape index (κ2) is 5.86. The molecule has 2 unspecified atom stereocenters. The van der Waals surface area contributed by atoms with Gasteiger partial charge in [-0.05, 0) is 45.2 Å². The lowest BCUT2D eigenvalue weighted by Crippen LogP contribution is -2.44. The Balaban J connectivity index is 2.39. The predicted octanol–water partition coefficient (Wildman–Crippen LogP) is 3.84. The van der Waals surface area contributed by atoms with Crippen molar-refractivity contribution in [2.45, 2.75) is 71.6 Å². The lowest BCUT2D eigenvalue weighted by Gasteiger charge is -2.31. The van der Waals surface area contributed by atoms with Crippen molar-refractivity contribution in [3.63, 3.8) is 0 Å². The Morgan fingerprint density at radius 2 is 2.00 bits per heavy atom. The van der Waals surface area contributed by atoms with Crippen molar-refractivity contribution in [3.05, 3.63) is 21.9 Å². The molecule has 1 aromatic heterocycles. The Morgan fingerprint density at radius 3 is 2.45 bits per heavy atom. The Labute approximate surface area is 126 Å². The maximum absolute atomic E-state index is 12.9. The molecule has 0 radical (unpaired) electrons. The molecule has 20 heavy (non-hydrogen) atoms. The van der Waals surface area contributed by atoms with Gasteiger partial charge in [-0.1, -0.05) is 20.8 Å². The van der Waals surface area contributed by atoms with Crippen LogP contribution in [0.3, 0.4) is 0 Å². The third kappa shape index (κ3) is 2.51. The summed E-state index contributed by atoms with van der Waals surface area (Å²) in [5.41, 5.74) is -0.425. The zero-order valence-electron chi connectivity index (χ0n) is 13.2. The number of hydrogen-bond acceptors (Lipinski definition) is 3. The molecule has 112 valence electrons. The summed E-state index contributed by atoms with van der Waals surface area (Å²) in [6.45, 7) is 10.6. The van der Waals surface area contributed by atoms with Gasteiger partial charge in [0.2, 0.25) is 5.91 Å². The number of rotatable bonds is 5. The van der Waals surface area contributed by atoms with E-state index in [0.29, 0.717) is 6.04 Å². The van der Waals surface area contributed by atoms with Crippen LogP contribution in [0.25, 0.3) is 0 Å². The largest absolute Gasteiger partial charge is 0.318 e. The molecule has 2 atom stereocenters. The van der Waals surface area contributed by atoms with Crippen molar-refractivity contribution in [1.82, 2.24) is 10.2 Å². The molecule has 0 saturated carbocycles. The summed E-state index contributed by atoms with van der Waals surface area (Å²) in [6.07, 6.45) is 2.87. The van der Waals surface area contributed by atoms with Crippen LogP contribution in [-0.4, -0.2) is 22.4 Å². The molecule has 0 bridgehead atoms. The maximum Gasteiger partial charge on any atom is 0.244 e. The van der Waals surface area contributed by atoms with Crippen LogP contribution in [0.2, 0.25) is 0 Å². The average molecular weight is 294 g/mol. The topological polar surface area (TPSA) is 32.3 Å². The minimum Gasteiger partial charge on any atom is -0.318 e. The highest BCUT2D eigenvalue weighted by molar-refractivity contribution is 7.12. The lowest BCUT2D eigenvalue weighted by molar-refractivity contribution is -0.135. The van der Waals surface area contributed by atoms with Gasteiger partial charge < -0.3 is 4.90 Å². The zero-order chi connectivity index (χ0) is 14.9. The van der Waals surface area contributed by atoms with Crippen molar-refractivity contribution < 1.29 is 4.79 Å². The van der Waals surface area contributed by atoms with E-state index >= 15 is 0 Å². The van der Waals surface area contributed by atoms with E-state index in [1.165, 1.54) is 9.75 Å². The highest BCUT2D eigenvalue weighted by Gasteiger charge is 2.49. The Kier molecular flexibility index (Phi) is 4.55. The molecule has 3 nitrogen and oxygen atoms in total. The van der Waals surface area contributed by atoms with Crippen molar-refractivity contribution in [2.24, 2.45) is 0 Å². The van der Waals surface area contributed by atoms with Gasteiger partial charge in [-0.3, -0.25) is 10.1 Å². The number of amides is 1. The van der Waals surface area contributed by atoms with E-state index in [0.717, 1.165) is 19.3 Å². The molecule has 0 aliphatic carbocycles. The molecule has 1 aromatic rings.